The molecule has 0 amide bonds. The predicted octanol–water partition coefficient (Wildman–Crippen LogP) is 0.910. The number of piperazine rings is 1. The maximum atomic E-state index is 5.68. The Hall–Kier alpha value is -2.78. The average Bonchev–Trinajstić information content (AvgIpc) is 3.09. The molecular weight excluding hydrogens is 320 g/mol. The Morgan fingerprint density at radius 2 is 2.08 bits per heavy atom. The van der Waals surface area contributed by atoms with Gasteiger partial charge in [-0.15, -0.1) is 0 Å². The first kappa shape index (κ1) is 15.7. The second-order valence-electron chi connectivity index (χ2n) is 6.09. The van der Waals surface area contributed by atoms with Gasteiger partial charge >= 0.3 is 0 Å². The molecule has 0 bridgehead atoms. The molecule has 9 nitrogen and oxygen atoms in total. The number of methoxy groups -OCH3 is 1. The summed E-state index contributed by atoms with van der Waals surface area (Å²) in [6.07, 6.45) is 4.62. The molecule has 0 spiro atoms. The van der Waals surface area contributed by atoms with Crippen molar-refractivity contribution in [2.24, 2.45) is 0 Å². The first-order valence-electron chi connectivity index (χ1n) is 8.06. The Labute approximate surface area is 145 Å². The summed E-state index contributed by atoms with van der Waals surface area (Å²) in [6.45, 7) is 1.57. The normalized spacial score (nSPS) is 21.6. The van der Waals surface area contributed by atoms with Crippen molar-refractivity contribution in [1.82, 2.24) is 30.0 Å². The van der Waals surface area contributed by atoms with Gasteiger partial charge in [0.2, 0.25) is 5.95 Å². The fourth-order valence-corrected chi connectivity index (χ4v) is 3.18. The van der Waals surface area contributed by atoms with Crippen molar-refractivity contribution in [2.45, 2.75) is 12.4 Å². The summed E-state index contributed by atoms with van der Waals surface area (Å²) < 4.78 is 5.68. The molecule has 2 unspecified atom stereocenters. The molecule has 2 N–H and O–H groups in total. The first-order chi connectivity index (χ1) is 12.2. The average molecular weight is 340 g/mol. The monoisotopic (exact) mass is 340 g/mol. The van der Waals surface area contributed by atoms with Crippen LogP contribution in [0.15, 0.2) is 37.1 Å². The van der Waals surface area contributed by atoms with Crippen molar-refractivity contribution >= 4 is 22.5 Å². The molecule has 2 aromatic heterocycles. The molecule has 1 aliphatic heterocycles. The van der Waals surface area contributed by atoms with Crippen LogP contribution in [0.25, 0.3) is 10.9 Å². The molecule has 1 aromatic carbocycles. The summed E-state index contributed by atoms with van der Waals surface area (Å²) >= 11 is 0. The fourth-order valence-electron chi connectivity index (χ4n) is 3.18. The van der Waals surface area contributed by atoms with E-state index in [1.54, 1.807) is 7.11 Å². The van der Waals surface area contributed by atoms with E-state index in [0.717, 1.165) is 29.7 Å². The highest BCUT2D eigenvalue weighted by Gasteiger charge is 2.35. The van der Waals surface area contributed by atoms with Gasteiger partial charge in [0.25, 0.3) is 0 Å². The Morgan fingerprint density at radius 1 is 1.24 bits per heavy atom. The van der Waals surface area contributed by atoms with Crippen molar-refractivity contribution in [2.75, 3.05) is 37.5 Å². The van der Waals surface area contributed by atoms with Crippen molar-refractivity contribution in [3.63, 3.8) is 0 Å². The third-order valence-electron chi connectivity index (χ3n) is 4.35. The maximum absolute atomic E-state index is 5.68. The van der Waals surface area contributed by atoms with E-state index in [2.05, 4.69) is 53.4 Å². The number of benzene rings is 1. The van der Waals surface area contributed by atoms with Crippen LogP contribution in [0, 0.1) is 0 Å². The molecule has 25 heavy (non-hydrogen) atoms. The maximum Gasteiger partial charge on any atom is 0.232 e. The summed E-state index contributed by atoms with van der Waals surface area (Å²) in [6, 6.07) is 6.11. The van der Waals surface area contributed by atoms with Crippen molar-refractivity contribution < 1.29 is 4.74 Å². The number of hydrogen-bond donors (Lipinski definition) is 2. The van der Waals surface area contributed by atoms with Crippen molar-refractivity contribution in [3.05, 3.63) is 37.1 Å². The topological polar surface area (TPSA) is 95.1 Å². The van der Waals surface area contributed by atoms with Crippen LogP contribution in [0.5, 0.6) is 0 Å². The van der Waals surface area contributed by atoms with Crippen LogP contribution in [0.2, 0.25) is 0 Å². The third-order valence-corrected chi connectivity index (χ3v) is 4.35. The summed E-state index contributed by atoms with van der Waals surface area (Å²) in [7, 11) is 3.78. The standard InChI is InChI=1S/C16H20N8O/c1-23-7-14(21-12-3-4-13-11(5-12)6-20-22-13)24(15(8-23)25-2)16-18-9-17-10-19-16/h3-6,9-10,14-15,21H,7-8H2,1-2H3,(H,20,22). The minimum Gasteiger partial charge on any atom is -0.364 e. The van der Waals surface area contributed by atoms with E-state index in [4.69, 9.17) is 4.74 Å². The Kier molecular flexibility index (Phi) is 4.16. The molecule has 1 fully saturated rings. The summed E-state index contributed by atoms with van der Waals surface area (Å²) in [4.78, 5) is 16.8. The van der Waals surface area contributed by atoms with E-state index in [-0.39, 0.29) is 12.4 Å². The third kappa shape index (κ3) is 3.11. The molecular formula is C16H20N8O. The van der Waals surface area contributed by atoms with Gasteiger partial charge in [0, 0.05) is 31.3 Å². The lowest BCUT2D eigenvalue weighted by Crippen LogP contribution is -2.61. The van der Waals surface area contributed by atoms with Gasteiger partial charge in [-0.1, -0.05) is 0 Å². The van der Waals surface area contributed by atoms with Gasteiger partial charge in [0.05, 0.1) is 11.7 Å². The summed E-state index contributed by atoms with van der Waals surface area (Å²) in [5, 5.41) is 11.7. The molecule has 9 heteroatoms. The Bertz CT molecular complexity index is 838. The number of ether oxygens (including phenoxy) is 1. The van der Waals surface area contributed by atoms with Gasteiger partial charge in [-0.3, -0.25) is 14.9 Å². The van der Waals surface area contributed by atoms with E-state index in [1.807, 2.05) is 18.3 Å². The quantitative estimate of drug-likeness (QED) is 0.724. The van der Waals surface area contributed by atoms with E-state index >= 15 is 0 Å². The van der Waals surface area contributed by atoms with Gasteiger partial charge in [-0.05, 0) is 25.2 Å². The molecule has 1 saturated heterocycles. The molecule has 3 aromatic rings. The van der Waals surface area contributed by atoms with Crippen LogP contribution in [0.4, 0.5) is 11.6 Å². The lowest BCUT2D eigenvalue weighted by molar-refractivity contribution is 0.0370. The number of nitrogens with one attached hydrogen (secondary N) is 2. The number of anilines is 2. The smallest absolute Gasteiger partial charge is 0.232 e. The highest BCUT2D eigenvalue weighted by Crippen LogP contribution is 2.24. The molecule has 4 rings (SSSR count). The van der Waals surface area contributed by atoms with E-state index in [0.29, 0.717) is 5.95 Å². The van der Waals surface area contributed by atoms with Crippen LogP contribution in [-0.4, -0.2) is 69.7 Å². The van der Waals surface area contributed by atoms with Gasteiger partial charge in [0.15, 0.2) is 0 Å². The number of aromatic nitrogens is 5. The zero-order valence-electron chi connectivity index (χ0n) is 14.1. The van der Waals surface area contributed by atoms with Gasteiger partial charge in [-0.2, -0.15) is 5.10 Å². The van der Waals surface area contributed by atoms with Crippen LogP contribution in [0.1, 0.15) is 0 Å². The second-order valence-corrected chi connectivity index (χ2v) is 6.09. The van der Waals surface area contributed by atoms with Crippen LogP contribution < -0.4 is 10.2 Å². The summed E-state index contributed by atoms with van der Waals surface area (Å²) in [5.41, 5.74) is 2.01. The van der Waals surface area contributed by atoms with Gasteiger partial charge in [0.1, 0.15) is 25.0 Å². The second kappa shape index (κ2) is 6.61. The lowest BCUT2D eigenvalue weighted by Gasteiger charge is -2.45. The molecule has 0 radical (unpaired) electrons. The largest absolute Gasteiger partial charge is 0.364 e. The number of rotatable bonds is 4. The molecule has 0 aliphatic carbocycles. The van der Waals surface area contributed by atoms with Crippen molar-refractivity contribution in [1.29, 1.82) is 0 Å². The van der Waals surface area contributed by atoms with Gasteiger partial charge < -0.3 is 10.1 Å². The number of fused-ring (bicyclic) bond motifs is 1. The number of H-pyrrole nitrogens is 1. The number of aromatic amines is 1. The fraction of sp³-hybridized carbons (Fsp3) is 0.375. The molecule has 3 heterocycles. The zero-order valence-corrected chi connectivity index (χ0v) is 14.1. The van der Waals surface area contributed by atoms with Crippen LogP contribution >= 0.6 is 0 Å². The minimum atomic E-state index is -0.156. The highest BCUT2D eigenvalue weighted by molar-refractivity contribution is 5.81. The number of nitrogens with zero attached hydrogens (tertiary/aromatic N) is 6. The van der Waals surface area contributed by atoms with E-state index in [1.165, 1.54) is 12.7 Å². The summed E-state index contributed by atoms with van der Waals surface area (Å²) in [5.74, 6) is 0.594. The zero-order chi connectivity index (χ0) is 17.2. The number of hydrogen-bond acceptors (Lipinski definition) is 8. The van der Waals surface area contributed by atoms with E-state index in [9.17, 15) is 0 Å². The predicted molar refractivity (Wildman–Crippen MR) is 94.1 cm³/mol. The van der Waals surface area contributed by atoms with Crippen molar-refractivity contribution in [3.8, 4) is 0 Å². The van der Waals surface area contributed by atoms with Gasteiger partial charge in [-0.25, -0.2) is 15.0 Å². The highest BCUT2D eigenvalue weighted by atomic mass is 16.5. The molecule has 1 aliphatic rings. The number of likely N-dealkylation sites (N-methyl/N-ethyl adjacent to an activating group) is 1. The van der Waals surface area contributed by atoms with Crippen LogP contribution in [0.3, 0.4) is 0 Å². The molecule has 130 valence electrons. The Balaban J connectivity index is 1.65. The van der Waals surface area contributed by atoms with E-state index < -0.39 is 0 Å². The SMILES string of the molecule is COC1CN(C)CC(Nc2ccc3[nH]ncc3c2)N1c1ncncn1. The van der Waals surface area contributed by atoms with Crippen LogP contribution in [-0.2, 0) is 4.74 Å². The Morgan fingerprint density at radius 3 is 2.88 bits per heavy atom. The lowest BCUT2D eigenvalue weighted by atomic mass is 10.2. The first-order valence-corrected chi connectivity index (χ1v) is 8.06. The minimum absolute atomic E-state index is 0.0459. The molecule has 0 saturated carbocycles. The molecule has 2 atom stereocenters.